The van der Waals surface area contributed by atoms with Crippen molar-refractivity contribution in [3.63, 3.8) is 0 Å². The fourth-order valence-electron chi connectivity index (χ4n) is 2.32. The van der Waals surface area contributed by atoms with Crippen molar-refractivity contribution in [3.05, 3.63) is 34.3 Å². The molecule has 3 heteroatoms. The van der Waals surface area contributed by atoms with Gasteiger partial charge in [-0.3, -0.25) is 0 Å². The molecule has 0 saturated heterocycles. The standard InChI is InChI=1S/C16H27BrN2/c1-4-6-11-19(5-2)12-10-16(18-3)14-8-7-9-15(17)13-14/h7-9,13,16,18H,4-6,10-12H2,1-3H3. The van der Waals surface area contributed by atoms with E-state index in [2.05, 4.69) is 64.3 Å². The van der Waals surface area contributed by atoms with Gasteiger partial charge in [-0.2, -0.15) is 0 Å². The van der Waals surface area contributed by atoms with E-state index in [9.17, 15) is 0 Å². The summed E-state index contributed by atoms with van der Waals surface area (Å²) >= 11 is 3.55. The molecule has 1 N–H and O–H groups in total. The smallest absolute Gasteiger partial charge is 0.0330 e. The van der Waals surface area contributed by atoms with Crippen molar-refractivity contribution in [2.24, 2.45) is 0 Å². The molecule has 0 aliphatic heterocycles. The third kappa shape index (κ3) is 6.07. The van der Waals surface area contributed by atoms with Crippen LogP contribution in [-0.4, -0.2) is 31.6 Å². The van der Waals surface area contributed by atoms with Crippen LogP contribution in [0.25, 0.3) is 0 Å². The molecule has 0 aliphatic rings. The van der Waals surface area contributed by atoms with Crippen LogP contribution >= 0.6 is 15.9 Å². The summed E-state index contributed by atoms with van der Waals surface area (Å²) in [5, 5.41) is 3.43. The molecule has 108 valence electrons. The Morgan fingerprint density at radius 1 is 1.26 bits per heavy atom. The third-order valence-electron chi connectivity index (χ3n) is 3.61. The molecule has 0 amide bonds. The van der Waals surface area contributed by atoms with Gasteiger partial charge in [0.1, 0.15) is 0 Å². The second kappa shape index (κ2) is 9.51. The molecule has 19 heavy (non-hydrogen) atoms. The molecular weight excluding hydrogens is 300 g/mol. The van der Waals surface area contributed by atoms with Gasteiger partial charge in [0.2, 0.25) is 0 Å². The van der Waals surface area contributed by atoms with Gasteiger partial charge in [-0.15, -0.1) is 0 Å². The highest BCUT2D eigenvalue weighted by molar-refractivity contribution is 9.10. The van der Waals surface area contributed by atoms with Crippen LogP contribution in [0.5, 0.6) is 0 Å². The number of hydrogen-bond acceptors (Lipinski definition) is 2. The minimum Gasteiger partial charge on any atom is -0.313 e. The number of rotatable bonds is 9. The second-order valence-corrected chi connectivity index (χ2v) is 5.89. The van der Waals surface area contributed by atoms with E-state index >= 15 is 0 Å². The fraction of sp³-hybridized carbons (Fsp3) is 0.625. The summed E-state index contributed by atoms with van der Waals surface area (Å²) in [7, 11) is 2.05. The Morgan fingerprint density at radius 3 is 2.63 bits per heavy atom. The van der Waals surface area contributed by atoms with Gasteiger partial charge in [0.15, 0.2) is 0 Å². The highest BCUT2D eigenvalue weighted by atomic mass is 79.9. The Balaban J connectivity index is 2.52. The summed E-state index contributed by atoms with van der Waals surface area (Å²) in [5.41, 5.74) is 1.36. The molecule has 0 bridgehead atoms. The van der Waals surface area contributed by atoms with E-state index < -0.39 is 0 Å². The van der Waals surface area contributed by atoms with Crippen LogP contribution in [0.3, 0.4) is 0 Å². The van der Waals surface area contributed by atoms with E-state index in [-0.39, 0.29) is 0 Å². The number of halogens is 1. The molecule has 0 heterocycles. The second-order valence-electron chi connectivity index (χ2n) is 4.97. The summed E-state index contributed by atoms with van der Waals surface area (Å²) < 4.78 is 1.16. The molecule has 0 radical (unpaired) electrons. The maximum atomic E-state index is 3.55. The predicted molar refractivity (Wildman–Crippen MR) is 87.6 cm³/mol. The monoisotopic (exact) mass is 326 g/mol. The molecule has 0 aliphatic carbocycles. The first kappa shape index (κ1) is 16.7. The molecule has 0 saturated carbocycles. The highest BCUT2D eigenvalue weighted by Gasteiger charge is 2.11. The Labute approximate surface area is 126 Å². The van der Waals surface area contributed by atoms with Gasteiger partial charge in [-0.05, 0) is 57.2 Å². The number of nitrogens with one attached hydrogen (secondary N) is 1. The van der Waals surface area contributed by atoms with Gasteiger partial charge >= 0.3 is 0 Å². The summed E-state index contributed by atoms with van der Waals surface area (Å²) in [6.07, 6.45) is 3.73. The Bertz CT molecular complexity index is 354. The van der Waals surface area contributed by atoms with Crippen molar-refractivity contribution in [1.82, 2.24) is 10.2 Å². The van der Waals surface area contributed by atoms with Gasteiger partial charge in [-0.1, -0.05) is 48.3 Å². The van der Waals surface area contributed by atoms with Gasteiger partial charge in [0, 0.05) is 10.5 Å². The van der Waals surface area contributed by atoms with Crippen molar-refractivity contribution in [1.29, 1.82) is 0 Å². The highest BCUT2D eigenvalue weighted by Crippen LogP contribution is 2.20. The average Bonchev–Trinajstić information content (AvgIpc) is 2.43. The van der Waals surface area contributed by atoms with Crippen LogP contribution in [-0.2, 0) is 0 Å². The zero-order chi connectivity index (χ0) is 14.1. The van der Waals surface area contributed by atoms with Crippen LogP contribution < -0.4 is 5.32 Å². The lowest BCUT2D eigenvalue weighted by molar-refractivity contribution is 0.267. The Morgan fingerprint density at radius 2 is 2.05 bits per heavy atom. The first-order valence-electron chi connectivity index (χ1n) is 7.36. The van der Waals surface area contributed by atoms with Gasteiger partial charge in [0.25, 0.3) is 0 Å². The summed E-state index contributed by atoms with van der Waals surface area (Å²) in [6, 6.07) is 9.04. The van der Waals surface area contributed by atoms with Crippen LogP contribution in [0, 0.1) is 0 Å². The summed E-state index contributed by atoms with van der Waals surface area (Å²) in [5.74, 6) is 0. The largest absolute Gasteiger partial charge is 0.313 e. The van der Waals surface area contributed by atoms with Gasteiger partial charge in [0.05, 0.1) is 0 Å². The van der Waals surface area contributed by atoms with Gasteiger partial charge in [-0.25, -0.2) is 0 Å². The lowest BCUT2D eigenvalue weighted by Gasteiger charge is -2.24. The van der Waals surface area contributed by atoms with Crippen LogP contribution in [0.4, 0.5) is 0 Å². The van der Waals surface area contributed by atoms with Crippen molar-refractivity contribution < 1.29 is 0 Å². The first-order valence-corrected chi connectivity index (χ1v) is 8.15. The maximum Gasteiger partial charge on any atom is 0.0330 e. The Kier molecular flexibility index (Phi) is 8.35. The van der Waals surface area contributed by atoms with E-state index in [1.54, 1.807) is 0 Å². The van der Waals surface area contributed by atoms with E-state index in [0.717, 1.165) is 24.0 Å². The van der Waals surface area contributed by atoms with E-state index in [1.165, 1.54) is 24.9 Å². The Hall–Kier alpha value is -0.380. The molecule has 0 aromatic heterocycles. The van der Waals surface area contributed by atoms with Crippen molar-refractivity contribution in [3.8, 4) is 0 Å². The van der Waals surface area contributed by atoms with E-state index in [4.69, 9.17) is 0 Å². The molecule has 1 rings (SSSR count). The minimum atomic E-state index is 0.438. The van der Waals surface area contributed by atoms with E-state index in [1.807, 2.05) is 7.05 Å². The third-order valence-corrected chi connectivity index (χ3v) is 4.10. The first-order chi connectivity index (χ1) is 9.21. The molecule has 1 aromatic carbocycles. The van der Waals surface area contributed by atoms with Crippen LogP contribution in [0.1, 0.15) is 44.7 Å². The normalized spacial score (nSPS) is 12.9. The molecule has 1 unspecified atom stereocenters. The number of nitrogens with zero attached hydrogens (tertiary/aromatic N) is 1. The topological polar surface area (TPSA) is 15.3 Å². The molecule has 0 fully saturated rings. The fourth-order valence-corrected chi connectivity index (χ4v) is 2.74. The molecular formula is C16H27BrN2. The lowest BCUT2D eigenvalue weighted by atomic mass is 10.0. The SMILES string of the molecule is CCCCN(CC)CCC(NC)c1cccc(Br)c1. The molecule has 1 atom stereocenters. The van der Waals surface area contributed by atoms with Crippen LogP contribution in [0.2, 0.25) is 0 Å². The zero-order valence-corrected chi connectivity index (χ0v) is 14.0. The summed E-state index contributed by atoms with van der Waals surface area (Å²) in [6.45, 7) is 8.04. The average molecular weight is 327 g/mol. The lowest BCUT2D eigenvalue weighted by Crippen LogP contribution is -2.29. The zero-order valence-electron chi connectivity index (χ0n) is 12.5. The van der Waals surface area contributed by atoms with Crippen molar-refractivity contribution >= 4 is 15.9 Å². The minimum absolute atomic E-state index is 0.438. The quantitative estimate of drug-likeness (QED) is 0.730. The number of hydrogen-bond donors (Lipinski definition) is 1. The van der Waals surface area contributed by atoms with Crippen molar-refractivity contribution in [2.75, 3.05) is 26.7 Å². The van der Waals surface area contributed by atoms with Gasteiger partial charge < -0.3 is 10.2 Å². The molecule has 2 nitrogen and oxygen atoms in total. The number of unbranched alkanes of at least 4 members (excludes halogenated alkanes) is 1. The van der Waals surface area contributed by atoms with Crippen LogP contribution in [0.15, 0.2) is 28.7 Å². The van der Waals surface area contributed by atoms with E-state index in [0.29, 0.717) is 6.04 Å². The van der Waals surface area contributed by atoms with Crippen molar-refractivity contribution in [2.45, 2.75) is 39.2 Å². The molecule has 0 spiro atoms. The predicted octanol–water partition coefficient (Wildman–Crippen LogP) is 4.22. The maximum absolute atomic E-state index is 3.55. The number of benzene rings is 1. The molecule has 1 aromatic rings. The summed E-state index contributed by atoms with van der Waals surface area (Å²) in [4.78, 5) is 2.55.